The zero-order valence-electron chi connectivity index (χ0n) is 14.2. The Morgan fingerprint density at radius 2 is 2.16 bits per heavy atom. The molecule has 1 N–H and O–H groups in total. The lowest BCUT2D eigenvalue weighted by Gasteiger charge is -2.26. The van der Waals surface area contributed by atoms with E-state index in [0.717, 1.165) is 25.1 Å². The highest BCUT2D eigenvalue weighted by Gasteiger charge is 2.47. The minimum Gasteiger partial charge on any atom is -0.370 e. The Balaban J connectivity index is 1.80. The second kappa shape index (κ2) is 6.64. The van der Waals surface area contributed by atoms with E-state index in [9.17, 15) is 13.7 Å². The molecule has 0 amide bonds. The summed E-state index contributed by atoms with van der Waals surface area (Å²) in [6.07, 6.45) is 2.07. The summed E-state index contributed by atoms with van der Waals surface area (Å²) in [5.74, 6) is 0. The van der Waals surface area contributed by atoms with Crippen molar-refractivity contribution in [2.45, 2.75) is 47.9 Å². The molecule has 1 saturated carbocycles. The molecule has 0 spiro atoms. The average molecular weight is 380 g/mol. The number of likely N-dealkylation sites (tertiary alicyclic amines) is 1. The fourth-order valence-electron chi connectivity index (χ4n) is 3.43. The summed E-state index contributed by atoms with van der Waals surface area (Å²) in [4.78, 5) is 2.29. The SMILES string of the molecule is C=C(NC1(C#N)CC1)[C@@H]1C[C@@H](S(=O)(=O)c2ccccc2Cl)CN1CC. The van der Waals surface area contributed by atoms with Gasteiger partial charge in [0.25, 0.3) is 0 Å². The highest BCUT2D eigenvalue weighted by molar-refractivity contribution is 7.92. The maximum absolute atomic E-state index is 13.0. The van der Waals surface area contributed by atoms with Gasteiger partial charge >= 0.3 is 0 Å². The summed E-state index contributed by atoms with van der Waals surface area (Å²) in [7, 11) is -3.52. The number of likely N-dealkylation sites (N-methyl/N-ethyl adjacent to an activating group) is 1. The molecule has 1 aromatic rings. The Morgan fingerprint density at radius 3 is 2.72 bits per heavy atom. The fourth-order valence-corrected chi connectivity index (χ4v) is 5.68. The molecule has 2 aliphatic rings. The Hall–Kier alpha value is -1.55. The van der Waals surface area contributed by atoms with Crippen LogP contribution in [0.3, 0.4) is 0 Å². The minimum absolute atomic E-state index is 0.0990. The first-order valence-corrected chi connectivity index (χ1v) is 10.4. The molecule has 0 bridgehead atoms. The smallest absolute Gasteiger partial charge is 0.184 e. The monoisotopic (exact) mass is 379 g/mol. The quantitative estimate of drug-likeness (QED) is 0.822. The molecule has 1 aromatic carbocycles. The van der Waals surface area contributed by atoms with Crippen molar-refractivity contribution in [1.82, 2.24) is 10.2 Å². The van der Waals surface area contributed by atoms with E-state index in [4.69, 9.17) is 11.6 Å². The van der Waals surface area contributed by atoms with Gasteiger partial charge in [0.1, 0.15) is 5.54 Å². The van der Waals surface area contributed by atoms with Crippen molar-refractivity contribution in [3.05, 3.63) is 41.6 Å². The van der Waals surface area contributed by atoms with Crippen LogP contribution in [0.25, 0.3) is 0 Å². The van der Waals surface area contributed by atoms with Gasteiger partial charge in [0.05, 0.1) is 27.3 Å². The van der Waals surface area contributed by atoms with E-state index in [-0.39, 0.29) is 16.0 Å². The molecule has 1 aliphatic carbocycles. The number of halogens is 1. The molecule has 5 nitrogen and oxygen atoms in total. The molecule has 134 valence electrons. The Bertz CT molecular complexity index is 827. The topological polar surface area (TPSA) is 73.2 Å². The predicted octanol–water partition coefficient (Wildman–Crippen LogP) is 2.74. The number of hydrogen-bond donors (Lipinski definition) is 1. The largest absolute Gasteiger partial charge is 0.370 e. The number of benzene rings is 1. The van der Waals surface area contributed by atoms with Crippen LogP contribution in [0.1, 0.15) is 26.2 Å². The third-order valence-corrected chi connectivity index (χ3v) is 7.75. The number of nitrogens with one attached hydrogen (secondary N) is 1. The van der Waals surface area contributed by atoms with Crippen molar-refractivity contribution in [1.29, 1.82) is 5.26 Å². The van der Waals surface area contributed by atoms with Crippen molar-refractivity contribution in [2.24, 2.45) is 0 Å². The molecule has 2 atom stereocenters. The number of nitriles is 1. The zero-order valence-corrected chi connectivity index (χ0v) is 15.8. The molecular weight excluding hydrogens is 358 g/mol. The van der Waals surface area contributed by atoms with E-state index < -0.39 is 20.6 Å². The summed E-state index contributed by atoms with van der Waals surface area (Å²) in [5, 5.41) is 12.2. The van der Waals surface area contributed by atoms with Crippen LogP contribution in [0.4, 0.5) is 0 Å². The molecule has 2 fully saturated rings. The first kappa shape index (κ1) is 18.2. The number of sulfone groups is 1. The molecule has 1 heterocycles. The standard InChI is InChI=1S/C18H22ClN3O2S/c1-3-22-11-14(25(23,24)17-7-5-4-6-15(17)19)10-16(22)13(2)21-18(12-20)8-9-18/h4-7,14,16,21H,2-3,8-11H2,1H3/t14-,16+/m1/s1. The van der Waals surface area contributed by atoms with Crippen LogP contribution >= 0.6 is 11.6 Å². The maximum Gasteiger partial charge on any atom is 0.184 e. The summed E-state index contributed by atoms with van der Waals surface area (Å²) in [5.41, 5.74) is 0.230. The molecule has 3 rings (SSSR count). The molecular formula is C18H22ClN3O2S. The van der Waals surface area contributed by atoms with Crippen LogP contribution in [-0.2, 0) is 9.84 Å². The van der Waals surface area contributed by atoms with Crippen LogP contribution in [-0.4, -0.2) is 43.2 Å². The van der Waals surface area contributed by atoms with Crippen LogP contribution < -0.4 is 5.32 Å². The number of nitrogens with zero attached hydrogens (tertiary/aromatic N) is 2. The van der Waals surface area contributed by atoms with Gasteiger partial charge in [-0.1, -0.05) is 37.2 Å². The fraction of sp³-hybridized carbons (Fsp3) is 0.500. The van der Waals surface area contributed by atoms with E-state index in [1.807, 2.05) is 6.92 Å². The van der Waals surface area contributed by atoms with E-state index in [0.29, 0.717) is 13.0 Å². The normalized spacial score (nSPS) is 25.3. The van der Waals surface area contributed by atoms with Gasteiger partial charge in [0, 0.05) is 12.2 Å². The highest BCUT2D eigenvalue weighted by atomic mass is 35.5. The maximum atomic E-state index is 13.0. The van der Waals surface area contributed by atoms with Gasteiger partial charge in [0.15, 0.2) is 9.84 Å². The van der Waals surface area contributed by atoms with E-state index >= 15 is 0 Å². The minimum atomic E-state index is -3.52. The zero-order chi connectivity index (χ0) is 18.2. The molecule has 1 aliphatic heterocycles. The second-order valence-electron chi connectivity index (χ2n) is 6.78. The van der Waals surface area contributed by atoms with E-state index in [1.165, 1.54) is 0 Å². The van der Waals surface area contributed by atoms with E-state index in [2.05, 4.69) is 22.9 Å². The van der Waals surface area contributed by atoms with Gasteiger partial charge in [-0.15, -0.1) is 0 Å². The lowest BCUT2D eigenvalue weighted by molar-refractivity contribution is 0.285. The molecule has 25 heavy (non-hydrogen) atoms. The Labute approximate surface area is 154 Å². The molecule has 0 aromatic heterocycles. The summed E-state index contributed by atoms with van der Waals surface area (Å²) in [6.45, 7) is 7.25. The van der Waals surface area contributed by atoms with Crippen molar-refractivity contribution in [2.75, 3.05) is 13.1 Å². The van der Waals surface area contributed by atoms with Gasteiger partial charge in [-0.25, -0.2) is 8.42 Å². The van der Waals surface area contributed by atoms with Crippen molar-refractivity contribution in [3.63, 3.8) is 0 Å². The van der Waals surface area contributed by atoms with Crippen LogP contribution in [0.5, 0.6) is 0 Å². The van der Waals surface area contributed by atoms with Crippen molar-refractivity contribution >= 4 is 21.4 Å². The van der Waals surface area contributed by atoms with Crippen LogP contribution in [0.2, 0.25) is 5.02 Å². The third-order valence-electron chi connectivity index (χ3n) is 5.12. The van der Waals surface area contributed by atoms with Gasteiger partial charge in [-0.05, 0) is 37.9 Å². The average Bonchev–Trinajstić information content (AvgIpc) is 3.21. The van der Waals surface area contributed by atoms with Gasteiger partial charge < -0.3 is 5.32 Å². The third kappa shape index (κ3) is 3.41. The van der Waals surface area contributed by atoms with Gasteiger partial charge in [0.2, 0.25) is 0 Å². The Kier molecular flexibility index (Phi) is 4.84. The van der Waals surface area contributed by atoms with Gasteiger partial charge in [-0.2, -0.15) is 5.26 Å². The van der Waals surface area contributed by atoms with Crippen molar-refractivity contribution in [3.8, 4) is 6.07 Å². The Morgan fingerprint density at radius 1 is 1.48 bits per heavy atom. The lowest BCUT2D eigenvalue weighted by Crippen LogP contribution is -2.40. The summed E-state index contributed by atoms with van der Waals surface area (Å²) in [6, 6.07) is 8.76. The number of rotatable bonds is 6. The van der Waals surface area contributed by atoms with Crippen LogP contribution in [0.15, 0.2) is 41.4 Å². The van der Waals surface area contributed by atoms with Gasteiger partial charge in [-0.3, -0.25) is 4.90 Å². The first-order chi connectivity index (χ1) is 11.8. The summed E-state index contributed by atoms with van der Waals surface area (Å²) >= 11 is 6.11. The molecule has 1 saturated heterocycles. The lowest BCUT2D eigenvalue weighted by atomic mass is 10.1. The van der Waals surface area contributed by atoms with E-state index in [1.54, 1.807) is 24.3 Å². The highest BCUT2D eigenvalue weighted by Crippen LogP contribution is 2.38. The molecule has 0 radical (unpaired) electrons. The predicted molar refractivity (Wildman–Crippen MR) is 97.9 cm³/mol. The first-order valence-electron chi connectivity index (χ1n) is 8.43. The molecule has 7 heteroatoms. The summed E-state index contributed by atoms with van der Waals surface area (Å²) < 4.78 is 26.1. The molecule has 0 unspecified atom stereocenters. The van der Waals surface area contributed by atoms with Crippen molar-refractivity contribution < 1.29 is 8.42 Å². The van der Waals surface area contributed by atoms with Crippen LogP contribution in [0, 0.1) is 11.3 Å². The number of hydrogen-bond acceptors (Lipinski definition) is 5. The second-order valence-corrected chi connectivity index (χ2v) is 9.38.